The van der Waals surface area contributed by atoms with Gasteiger partial charge in [0.15, 0.2) is 0 Å². The van der Waals surface area contributed by atoms with Crippen LogP contribution in [0.3, 0.4) is 0 Å². The second kappa shape index (κ2) is 6.15. The third kappa shape index (κ3) is 3.23. The number of aromatic nitrogens is 1. The Kier molecular flexibility index (Phi) is 4.08. The first-order chi connectivity index (χ1) is 9.81. The van der Waals surface area contributed by atoms with Crippen molar-refractivity contribution in [3.8, 4) is 0 Å². The van der Waals surface area contributed by atoms with E-state index in [4.69, 9.17) is 0 Å². The monoisotopic (exact) mass is 287 g/mol. The Balaban J connectivity index is 1.55. The molecule has 2 N–H and O–H groups in total. The van der Waals surface area contributed by atoms with Crippen LogP contribution in [0.4, 0.5) is 0 Å². The molecule has 0 unspecified atom stereocenters. The Bertz CT molecular complexity index is 571. The minimum absolute atomic E-state index is 0.0351. The van der Waals surface area contributed by atoms with Crippen LogP contribution in [0.1, 0.15) is 21.1 Å². The summed E-state index contributed by atoms with van der Waals surface area (Å²) in [6.45, 7) is 2.45. The zero-order valence-electron chi connectivity index (χ0n) is 11.2. The number of nitrogens with zero attached hydrogens (tertiary/aromatic N) is 1. The number of carbonyl (C=O) groups excluding carboxylic acids is 1. The predicted molar refractivity (Wildman–Crippen MR) is 79.5 cm³/mol. The van der Waals surface area contributed by atoms with Crippen molar-refractivity contribution in [2.45, 2.75) is 25.9 Å². The van der Waals surface area contributed by atoms with Crippen LogP contribution >= 0.6 is 11.3 Å². The van der Waals surface area contributed by atoms with Gasteiger partial charge in [-0.3, -0.25) is 4.79 Å². The molecule has 1 aromatic carbocycles. The maximum absolute atomic E-state index is 11.9. The van der Waals surface area contributed by atoms with Crippen LogP contribution in [-0.4, -0.2) is 17.4 Å². The molecule has 0 spiro atoms. The largest absolute Gasteiger partial charge is 0.352 e. The van der Waals surface area contributed by atoms with Crippen LogP contribution in [0.25, 0.3) is 0 Å². The normalized spacial score (nSPS) is 13.8. The van der Waals surface area contributed by atoms with Crippen molar-refractivity contribution < 1.29 is 4.79 Å². The lowest BCUT2D eigenvalue weighted by molar-refractivity contribution is -0.120. The van der Waals surface area contributed by atoms with Crippen LogP contribution in [0, 0.1) is 0 Å². The zero-order chi connectivity index (χ0) is 13.8. The van der Waals surface area contributed by atoms with Gasteiger partial charge < -0.3 is 10.6 Å². The topological polar surface area (TPSA) is 54.0 Å². The third-order valence-electron chi connectivity index (χ3n) is 3.29. The van der Waals surface area contributed by atoms with Crippen molar-refractivity contribution in [3.63, 3.8) is 0 Å². The SMILES string of the molecule is O=C(Cc1nc2c(s1)CNCC2)NCc1ccccc1. The highest BCUT2D eigenvalue weighted by Gasteiger charge is 2.16. The van der Waals surface area contributed by atoms with Gasteiger partial charge in [0, 0.05) is 30.9 Å². The molecule has 1 aliphatic rings. The van der Waals surface area contributed by atoms with E-state index in [2.05, 4.69) is 15.6 Å². The Labute approximate surface area is 122 Å². The molecule has 0 atom stereocenters. The number of amides is 1. The molecule has 3 rings (SSSR count). The fraction of sp³-hybridized carbons (Fsp3) is 0.333. The average molecular weight is 287 g/mol. The van der Waals surface area contributed by atoms with Gasteiger partial charge in [0.2, 0.25) is 5.91 Å². The number of hydrogen-bond acceptors (Lipinski definition) is 4. The highest BCUT2D eigenvalue weighted by molar-refractivity contribution is 7.11. The summed E-state index contributed by atoms with van der Waals surface area (Å²) < 4.78 is 0. The van der Waals surface area contributed by atoms with Gasteiger partial charge in [0.25, 0.3) is 0 Å². The number of nitrogens with one attached hydrogen (secondary N) is 2. The summed E-state index contributed by atoms with van der Waals surface area (Å²) in [7, 11) is 0. The number of carbonyl (C=O) groups is 1. The first-order valence-electron chi connectivity index (χ1n) is 6.80. The first kappa shape index (κ1) is 13.3. The number of thiazole rings is 1. The van der Waals surface area contributed by atoms with Crippen LogP contribution in [0.15, 0.2) is 30.3 Å². The van der Waals surface area contributed by atoms with Gasteiger partial charge in [-0.1, -0.05) is 30.3 Å². The van der Waals surface area contributed by atoms with E-state index in [-0.39, 0.29) is 5.91 Å². The van der Waals surface area contributed by atoms with Crippen molar-refractivity contribution in [3.05, 3.63) is 51.5 Å². The molecule has 0 radical (unpaired) electrons. The van der Waals surface area contributed by atoms with Crippen molar-refractivity contribution in [2.24, 2.45) is 0 Å². The molecule has 0 saturated heterocycles. The fourth-order valence-corrected chi connectivity index (χ4v) is 3.33. The van der Waals surface area contributed by atoms with E-state index >= 15 is 0 Å². The standard InChI is InChI=1S/C15H17N3OS/c19-14(17-9-11-4-2-1-3-5-11)8-15-18-12-6-7-16-10-13(12)20-15/h1-5,16H,6-10H2,(H,17,19). The van der Waals surface area contributed by atoms with Crippen LogP contribution in [-0.2, 0) is 30.7 Å². The first-order valence-corrected chi connectivity index (χ1v) is 7.62. The molecule has 0 bridgehead atoms. The van der Waals surface area contributed by atoms with E-state index in [0.717, 1.165) is 30.1 Å². The third-order valence-corrected chi connectivity index (χ3v) is 4.39. The highest BCUT2D eigenvalue weighted by Crippen LogP contribution is 2.21. The lowest BCUT2D eigenvalue weighted by Crippen LogP contribution is -2.24. The van der Waals surface area contributed by atoms with Crippen molar-refractivity contribution >= 4 is 17.2 Å². The summed E-state index contributed by atoms with van der Waals surface area (Å²) in [4.78, 5) is 17.8. The molecular weight excluding hydrogens is 270 g/mol. The summed E-state index contributed by atoms with van der Waals surface area (Å²) in [6.07, 6.45) is 1.35. The summed E-state index contributed by atoms with van der Waals surface area (Å²) in [6, 6.07) is 9.94. The molecule has 20 heavy (non-hydrogen) atoms. The molecular formula is C15H17N3OS. The van der Waals surface area contributed by atoms with Gasteiger partial charge in [0.05, 0.1) is 12.1 Å². The summed E-state index contributed by atoms with van der Waals surface area (Å²) >= 11 is 1.65. The molecule has 104 valence electrons. The van der Waals surface area contributed by atoms with E-state index in [0.29, 0.717) is 13.0 Å². The van der Waals surface area contributed by atoms with E-state index in [1.54, 1.807) is 11.3 Å². The Morgan fingerprint density at radius 1 is 1.35 bits per heavy atom. The molecule has 2 heterocycles. The zero-order valence-corrected chi connectivity index (χ0v) is 12.0. The predicted octanol–water partition coefficient (Wildman–Crippen LogP) is 1.65. The summed E-state index contributed by atoms with van der Waals surface area (Å²) in [5.74, 6) is 0.0351. The molecule has 0 aliphatic carbocycles. The van der Waals surface area contributed by atoms with Crippen molar-refractivity contribution in [1.82, 2.24) is 15.6 Å². The second-order valence-electron chi connectivity index (χ2n) is 4.84. The summed E-state index contributed by atoms with van der Waals surface area (Å²) in [5, 5.41) is 7.18. The number of benzene rings is 1. The molecule has 2 aromatic rings. The molecule has 1 aliphatic heterocycles. The fourth-order valence-electron chi connectivity index (χ4n) is 2.25. The summed E-state index contributed by atoms with van der Waals surface area (Å²) in [5.41, 5.74) is 2.28. The lowest BCUT2D eigenvalue weighted by atomic mass is 10.2. The lowest BCUT2D eigenvalue weighted by Gasteiger charge is -2.09. The molecule has 5 heteroatoms. The molecule has 4 nitrogen and oxygen atoms in total. The van der Waals surface area contributed by atoms with Gasteiger partial charge in [-0.25, -0.2) is 4.98 Å². The quantitative estimate of drug-likeness (QED) is 0.899. The van der Waals surface area contributed by atoms with Gasteiger partial charge >= 0.3 is 0 Å². The van der Waals surface area contributed by atoms with E-state index in [9.17, 15) is 4.79 Å². The number of fused-ring (bicyclic) bond motifs is 1. The maximum atomic E-state index is 11.9. The molecule has 1 amide bonds. The van der Waals surface area contributed by atoms with Gasteiger partial charge in [-0.05, 0) is 5.56 Å². The average Bonchev–Trinajstić information content (AvgIpc) is 2.88. The Morgan fingerprint density at radius 2 is 2.20 bits per heavy atom. The van der Waals surface area contributed by atoms with Crippen LogP contribution in [0.2, 0.25) is 0 Å². The molecule has 0 saturated carbocycles. The Hall–Kier alpha value is -1.72. The van der Waals surface area contributed by atoms with Crippen LogP contribution < -0.4 is 10.6 Å². The van der Waals surface area contributed by atoms with Crippen LogP contribution in [0.5, 0.6) is 0 Å². The number of hydrogen-bond donors (Lipinski definition) is 2. The highest BCUT2D eigenvalue weighted by atomic mass is 32.1. The minimum Gasteiger partial charge on any atom is -0.352 e. The molecule has 0 fully saturated rings. The molecule has 1 aromatic heterocycles. The smallest absolute Gasteiger partial charge is 0.227 e. The maximum Gasteiger partial charge on any atom is 0.227 e. The Morgan fingerprint density at radius 3 is 3.00 bits per heavy atom. The van der Waals surface area contributed by atoms with E-state index in [1.165, 1.54) is 10.6 Å². The minimum atomic E-state index is 0.0351. The van der Waals surface area contributed by atoms with Crippen molar-refractivity contribution in [1.29, 1.82) is 0 Å². The van der Waals surface area contributed by atoms with Gasteiger partial charge in [-0.15, -0.1) is 11.3 Å². The van der Waals surface area contributed by atoms with E-state index in [1.807, 2.05) is 30.3 Å². The second-order valence-corrected chi connectivity index (χ2v) is 6.01. The number of rotatable bonds is 4. The van der Waals surface area contributed by atoms with Gasteiger partial charge in [0.1, 0.15) is 5.01 Å². The van der Waals surface area contributed by atoms with E-state index < -0.39 is 0 Å². The van der Waals surface area contributed by atoms with Crippen molar-refractivity contribution in [2.75, 3.05) is 6.54 Å². The van der Waals surface area contributed by atoms with Gasteiger partial charge in [-0.2, -0.15) is 0 Å².